The Kier molecular flexibility index (Phi) is 7.82. The molecule has 1 heterocycles. The summed E-state index contributed by atoms with van der Waals surface area (Å²) in [6.45, 7) is 6.14. The second-order valence-electron chi connectivity index (χ2n) is 7.77. The van der Waals surface area contributed by atoms with E-state index in [2.05, 4.69) is 35.0 Å². The lowest BCUT2D eigenvalue weighted by atomic mass is 10.0. The number of aromatic nitrogens is 2. The van der Waals surface area contributed by atoms with Gasteiger partial charge in [0.1, 0.15) is 13.3 Å². The van der Waals surface area contributed by atoms with E-state index < -0.39 is 5.69 Å². The van der Waals surface area contributed by atoms with Crippen molar-refractivity contribution in [3.8, 4) is 11.8 Å². The van der Waals surface area contributed by atoms with Crippen molar-refractivity contribution in [1.82, 2.24) is 9.55 Å². The summed E-state index contributed by atoms with van der Waals surface area (Å²) in [7, 11) is 0. The van der Waals surface area contributed by atoms with Crippen molar-refractivity contribution in [3.63, 3.8) is 0 Å². The van der Waals surface area contributed by atoms with Crippen molar-refractivity contribution >= 4 is 0 Å². The van der Waals surface area contributed by atoms with Gasteiger partial charge in [-0.25, -0.2) is 4.79 Å². The highest BCUT2D eigenvalue weighted by atomic mass is 16.5. The summed E-state index contributed by atoms with van der Waals surface area (Å²) >= 11 is 0. The predicted octanol–water partition coefficient (Wildman–Crippen LogP) is 2.82. The first-order valence-corrected chi connectivity index (χ1v) is 10.6. The molecule has 0 aliphatic rings. The molecule has 0 aliphatic carbocycles. The van der Waals surface area contributed by atoms with E-state index in [4.69, 9.17) is 9.84 Å². The van der Waals surface area contributed by atoms with Crippen LogP contribution in [0.15, 0.2) is 52.1 Å². The Morgan fingerprint density at radius 1 is 1.03 bits per heavy atom. The summed E-state index contributed by atoms with van der Waals surface area (Å²) in [5, 5.41) is 8.78. The zero-order valence-electron chi connectivity index (χ0n) is 18.7. The van der Waals surface area contributed by atoms with Crippen molar-refractivity contribution in [3.05, 3.63) is 102 Å². The smallest absolute Gasteiger partial charge is 0.330 e. The van der Waals surface area contributed by atoms with Gasteiger partial charge in [-0.2, -0.15) is 0 Å². The predicted molar refractivity (Wildman–Crippen MR) is 125 cm³/mol. The molecular weight excluding hydrogens is 404 g/mol. The van der Waals surface area contributed by atoms with Crippen molar-refractivity contribution in [1.29, 1.82) is 0 Å². The Morgan fingerprint density at radius 3 is 2.34 bits per heavy atom. The average molecular weight is 433 g/mol. The van der Waals surface area contributed by atoms with E-state index in [0.29, 0.717) is 30.7 Å². The molecule has 32 heavy (non-hydrogen) atoms. The van der Waals surface area contributed by atoms with E-state index >= 15 is 0 Å². The Bertz CT molecular complexity index is 1240. The van der Waals surface area contributed by atoms with Gasteiger partial charge in [-0.15, -0.1) is 0 Å². The molecular formula is C26H28N2O4. The van der Waals surface area contributed by atoms with E-state index in [1.165, 1.54) is 4.57 Å². The van der Waals surface area contributed by atoms with Gasteiger partial charge in [-0.3, -0.25) is 14.3 Å². The third-order valence-corrected chi connectivity index (χ3v) is 5.18. The summed E-state index contributed by atoms with van der Waals surface area (Å²) < 4.78 is 7.35. The third-order valence-electron chi connectivity index (χ3n) is 5.18. The maximum atomic E-state index is 12.6. The number of nitrogens with zero attached hydrogens (tertiary/aromatic N) is 1. The molecule has 3 aromatic rings. The van der Waals surface area contributed by atoms with Crippen LogP contribution in [0, 0.1) is 25.7 Å². The SMILES string of the molecule is CCc1c(Cc2cc(C)cc(C)c2)n(COCc2ccc(C#CCO)cc2)c(=O)[nH]c1=O. The zero-order valence-corrected chi connectivity index (χ0v) is 18.7. The molecule has 0 unspecified atom stereocenters. The van der Waals surface area contributed by atoms with Gasteiger partial charge in [0.05, 0.1) is 6.61 Å². The summed E-state index contributed by atoms with van der Waals surface area (Å²) in [5.41, 5.74) is 5.54. The lowest BCUT2D eigenvalue weighted by Crippen LogP contribution is -2.36. The van der Waals surface area contributed by atoms with Crippen LogP contribution in [0.4, 0.5) is 0 Å². The minimum absolute atomic E-state index is 0.0365. The lowest BCUT2D eigenvalue weighted by molar-refractivity contribution is 0.0589. The molecule has 0 spiro atoms. The summed E-state index contributed by atoms with van der Waals surface area (Å²) in [6.07, 6.45) is 0.999. The first kappa shape index (κ1) is 23.3. The van der Waals surface area contributed by atoms with Crippen LogP contribution in [0.2, 0.25) is 0 Å². The van der Waals surface area contributed by atoms with Crippen LogP contribution in [0.5, 0.6) is 0 Å². The number of aliphatic hydroxyl groups is 1. The molecule has 3 rings (SSSR count). The fourth-order valence-corrected chi connectivity index (χ4v) is 3.80. The van der Waals surface area contributed by atoms with Crippen LogP contribution in [-0.2, 0) is 30.9 Å². The second kappa shape index (κ2) is 10.8. The Hall–Kier alpha value is -3.40. The highest BCUT2D eigenvalue weighted by molar-refractivity contribution is 5.36. The fraction of sp³-hybridized carbons (Fsp3) is 0.308. The van der Waals surface area contributed by atoms with Gasteiger partial charge in [-0.1, -0.05) is 60.2 Å². The summed E-state index contributed by atoms with van der Waals surface area (Å²) in [5.74, 6) is 5.46. The standard InChI is InChI=1S/C26H28N2O4/c1-4-23-24(15-22-13-18(2)12-19(3)14-22)28(26(31)27-25(23)30)17-32-16-21-9-7-20(8-10-21)6-5-11-29/h7-10,12-14,29H,4,11,15-17H2,1-3H3,(H,27,30,31). The summed E-state index contributed by atoms with van der Waals surface area (Å²) in [4.78, 5) is 27.5. The number of nitrogens with one attached hydrogen (secondary N) is 1. The van der Waals surface area contributed by atoms with E-state index in [0.717, 1.165) is 27.8 Å². The Labute approximate surface area is 187 Å². The largest absolute Gasteiger partial charge is 0.384 e. The quantitative estimate of drug-likeness (QED) is 0.563. The molecule has 6 nitrogen and oxygen atoms in total. The highest BCUT2D eigenvalue weighted by Gasteiger charge is 2.15. The van der Waals surface area contributed by atoms with Gasteiger partial charge in [-0.05, 0) is 43.5 Å². The maximum absolute atomic E-state index is 12.6. The van der Waals surface area contributed by atoms with Gasteiger partial charge >= 0.3 is 5.69 Å². The minimum atomic E-state index is -0.471. The van der Waals surface area contributed by atoms with E-state index in [-0.39, 0.29) is 18.9 Å². The molecule has 2 aromatic carbocycles. The normalized spacial score (nSPS) is 10.6. The van der Waals surface area contributed by atoms with Crippen molar-refractivity contribution in [2.45, 2.75) is 47.0 Å². The highest BCUT2D eigenvalue weighted by Crippen LogP contribution is 2.16. The first-order chi connectivity index (χ1) is 15.4. The first-order valence-electron chi connectivity index (χ1n) is 10.6. The number of aliphatic hydroxyl groups excluding tert-OH is 1. The molecule has 0 atom stereocenters. The summed E-state index contributed by atoms with van der Waals surface area (Å²) in [6, 6.07) is 13.7. The van der Waals surface area contributed by atoms with Crippen LogP contribution < -0.4 is 11.2 Å². The molecule has 0 aliphatic heterocycles. The van der Waals surface area contributed by atoms with E-state index in [1.807, 2.05) is 45.0 Å². The molecule has 0 fully saturated rings. The van der Waals surface area contributed by atoms with Crippen molar-refractivity contribution in [2.75, 3.05) is 6.61 Å². The average Bonchev–Trinajstić information content (AvgIpc) is 2.74. The zero-order chi connectivity index (χ0) is 23.1. The number of ether oxygens (including phenoxy) is 1. The van der Waals surface area contributed by atoms with Crippen LogP contribution >= 0.6 is 0 Å². The molecule has 0 radical (unpaired) electrons. The minimum Gasteiger partial charge on any atom is -0.384 e. The molecule has 166 valence electrons. The number of H-pyrrole nitrogens is 1. The van der Waals surface area contributed by atoms with Gasteiger partial charge in [0.2, 0.25) is 0 Å². The molecule has 0 bridgehead atoms. The van der Waals surface area contributed by atoms with Crippen molar-refractivity contribution in [2.24, 2.45) is 0 Å². The number of hydrogen-bond acceptors (Lipinski definition) is 4. The maximum Gasteiger partial charge on any atom is 0.330 e. The molecule has 1 aromatic heterocycles. The Balaban J connectivity index is 1.84. The van der Waals surface area contributed by atoms with E-state index in [9.17, 15) is 9.59 Å². The number of benzene rings is 2. The molecule has 6 heteroatoms. The number of aromatic amines is 1. The third kappa shape index (κ3) is 5.85. The number of hydrogen-bond donors (Lipinski definition) is 2. The molecule has 0 amide bonds. The number of aryl methyl sites for hydroxylation is 2. The Morgan fingerprint density at radius 2 is 1.72 bits per heavy atom. The van der Waals surface area contributed by atoms with Crippen molar-refractivity contribution < 1.29 is 9.84 Å². The monoisotopic (exact) mass is 432 g/mol. The van der Waals surface area contributed by atoms with E-state index in [1.54, 1.807) is 0 Å². The van der Waals surface area contributed by atoms with Crippen LogP contribution in [0.1, 0.15) is 46.0 Å². The topological polar surface area (TPSA) is 84.3 Å². The van der Waals surface area contributed by atoms with Crippen LogP contribution in [0.25, 0.3) is 0 Å². The number of rotatable bonds is 7. The lowest BCUT2D eigenvalue weighted by Gasteiger charge is -2.16. The fourth-order valence-electron chi connectivity index (χ4n) is 3.80. The molecule has 2 N–H and O–H groups in total. The molecule has 0 saturated heterocycles. The molecule has 0 saturated carbocycles. The van der Waals surface area contributed by atoms with Crippen LogP contribution in [0.3, 0.4) is 0 Å². The van der Waals surface area contributed by atoms with Gasteiger partial charge in [0.15, 0.2) is 0 Å². The van der Waals surface area contributed by atoms with Gasteiger partial charge < -0.3 is 9.84 Å². The van der Waals surface area contributed by atoms with Gasteiger partial charge in [0, 0.05) is 23.2 Å². The second-order valence-corrected chi connectivity index (χ2v) is 7.77. The van der Waals surface area contributed by atoms with Gasteiger partial charge in [0.25, 0.3) is 5.56 Å². The van der Waals surface area contributed by atoms with Crippen LogP contribution in [-0.4, -0.2) is 21.3 Å².